The van der Waals surface area contributed by atoms with Crippen LogP contribution < -0.4 is 0 Å². The van der Waals surface area contributed by atoms with Gasteiger partial charge in [-0.25, -0.2) is 9.59 Å². The van der Waals surface area contributed by atoms with E-state index >= 15 is 0 Å². The molecule has 4 heteroatoms. The Morgan fingerprint density at radius 2 is 1.68 bits per heavy atom. The molecule has 0 fully saturated rings. The Labute approximate surface area is 132 Å². The monoisotopic (exact) mass is 306 g/mol. The lowest BCUT2D eigenvalue weighted by Crippen LogP contribution is -2.20. The predicted molar refractivity (Wildman–Crippen MR) is 86.0 cm³/mol. The van der Waals surface area contributed by atoms with Crippen molar-refractivity contribution < 1.29 is 19.1 Å². The normalized spacial score (nSPS) is 12.0. The van der Waals surface area contributed by atoms with E-state index in [1.165, 1.54) is 6.07 Å². The first-order chi connectivity index (χ1) is 10.5. The number of hydrogen-bond acceptors (Lipinski definition) is 4. The average Bonchev–Trinajstić information content (AvgIpc) is 2.51. The van der Waals surface area contributed by atoms with E-state index in [0.717, 1.165) is 19.3 Å². The molecule has 0 spiro atoms. The molecule has 0 N–H and O–H groups in total. The highest BCUT2D eigenvalue weighted by atomic mass is 16.5. The quantitative estimate of drug-likeness (QED) is 0.532. The molecule has 122 valence electrons. The van der Waals surface area contributed by atoms with Crippen LogP contribution in [0.25, 0.3) is 0 Å². The van der Waals surface area contributed by atoms with Gasteiger partial charge in [0.2, 0.25) is 0 Å². The van der Waals surface area contributed by atoms with Crippen LogP contribution in [0.4, 0.5) is 0 Å². The molecule has 0 amide bonds. The number of rotatable bonds is 8. The Hall–Kier alpha value is -1.84. The number of carbonyl (C=O) groups is 2. The van der Waals surface area contributed by atoms with E-state index in [0.29, 0.717) is 17.7 Å². The van der Waals surface area contributed by atoms with E-state index in [4.69, 9.17) is 9.47 Å². The molecule has 1 aromatic rings. The fraction of sp³-hybridized carbons (Fsp3) is 0.556. The van der Waals surface area contributed by atoms with Crippen molar-refractivity contribution in [3.63, 3.8) is 0 Å². The van der Waals surface area contributed by atoms with Gasteiger partial charge in [-0.1, -0.05) is 39.7 Å². The molecule has 1 unspecified atom stereocenters. The molecule has 4 nitrogen and oxygen atoms in total. The van der Waals surface area contributed by atoms with E-state index in [1.54, 1.807) is 18.2 Å². The Balaban J connectivity index is 2.65. The number of benzene rings is 1. The summed E-state index contributed by atoms with van der Waals surface area (Å²) in [6.07, 6.45) is 2.80. The lowest BCUT2D eigenvalue weighted by atomic mass is 10.1. The topological polar surface area (TPSA) is 52.6 Å². The molecule has 1 aromatic carbocycles. The smallest absolute Gasteiger partial charge is 0.338 e. The van der Waals surface area contributed by atoms with Crippen molar-refractivity contribution in [2.45, 2.75) is 53.1 Å². The molecular weight excluding hydrogens is 280 g/mol. The highest BCUT2D eigenvalue weighted by Crippen LogP contribution is 2.12. The summed E-state index contributed by atoms with van der Waals surface area (Å²) in [6.45, 7) is 8.33. The summed E-state index contributed by atoms with van der Waals surface area (Å²) >= 11 is 0. The zero-order valence-electron chi connectivity index (χ0n) is 13.9. The highest BCUT2D eigenvalue weighted by molar-refractivity contribution is 5.95. The van der Waals surface area contributed by atoms with Gasteiger partial charge < -0.3 is 9.47 Å². The van der Waals surface area contributed by atoms with Crippen LogP contribution >= 0.6 is 0 Å². The van der Waals surface area contributed by atoms with Gasteiger partial charge in [0.1, 0.15) is 6.10 Å². The third-order valence-corrected chi connectivity index (χ3v) is 3.55. The van der Waals surface area contributed by atoms with Crippen molar-refractivity contribution >= 4 is 11.9 Å². The maximum atomic E-state index is 12.1. The standard InChI is InChI=1S/C18H26O4/c1-5-6-7-11-21-17(19)15-9-8-10-16(12-15)18(20)22-14(4)13(2)3/h8-10,12-14H,5-7,11H2,1-4H3. The molecule has 0 aliphatic rings. The lowest BCUT2D eigenvalue weighted by Gasteiger charge is -2.16. The summed E-state index contributed by atoms with van der Waals surface area (Å²) in [5.74, 6) is -0.569. The third kappa shape index (κ3) is 5.88. The first-order valence-electron chi connectivity index (χ1n) is 7.93. The van der Waals surface area contributed by atoms with E-state index in [2.05, 4.69) is 6.92 Å². The second-order valence-electron chi connectivity index (χ2n) is 5.78. The molecule has 1 rings (SSSR count). The number of carbonyl (C=O) groups excluding carboxylic acids is 2. The SMILES string of the molecule is CCCCCOC(=O)c1cccc(C(=O)OC(C)C(C)C)c1. The molecule has 0 aliphatic heterocycles. The number of hydrogen-bond donors (Lipinski definition) is 0. The molecule has 22 heavy (non-hydrogen) atoms. The fourth-order valence-corrected chi connectivity index (χ4v) is 1.75. The summed E-state index contributed by atoms with van der Waals surface area (Å²) < 4.78 is 10.5. The second-order valence-corrected chi connectivity index (χ2v) is 5.78. The van der Waals surface area contributed by atoms with Crippen LogP contribution in [-0.4, -0.2) is 24.6 Å². The Bertz CT molecular complexity index is 494. The summed E-state index contributed by atoms with van der Waals surface area (Å²) in [7, 11) is 0. The summed E-state index contributed by atoms with van der Waals surface area (Å²) in [5, 5.41) is 0. The third-order valence-electron chi connectivity index (χ3n) is 3.55. The van der Waals surface area contributed by atoms with E-state index in [1.807, 2.05) is 20.8 Å². The zero-order valence-corrected chi connectivity index (χ0v) is 13.9. The molecule has 0 aliphatic carbocycles. The van der Waals surface area contributed by atoms with E-state index in [9.17, 15) is 9.59 Å². The van der Waals surface area contributed by atoms with Gasteiger partial charge in [-0.15, -0.1) is 0 Å². The van der Waals surface area contributed by atoms with Gasteiger partial charge in [0, 0.05) is 0 Å². The van der Waals surface area contributed by atoms with Crippen LogP contribution in [0.5, 0.6) is 0 Å². The Morgan fingerprint density at radius 1 is 1.05 bits per heavy atom. The summed E-state index contributed by atoms with van der Waals surface area (Å²) in [6, 6.07) is 6.48. The van der Waals surface area contributed by atoms with Crippen LogP contribution in [0.2, 0.25) is 0 Å². The molecule has 1 atom stereocenters. The molecule has 0 bridgehead atoms. The number of unbranched alkanes of at least 4 members (excludes halogenated alkanes) is 2. The minimum atomic E-state index is -0.415. The van der Waals surface area contributed by atoms with Crippen LogP contribution in [0.15, 0.2) is 24.3 Å². The second kappa shape index (κ2) is 9.23. The van der Waals surface area contributed by atoms with E-state index in [-0.39, 0.29) is 12.0 Å². The molecular formula is C18H26O4. The Kier molecular flexibility index (Phi) is 7.64. The molecule has 0 aromatic heterocycles. The maximum Gasteiger partial charge on any atom is 0.338 e. The maximum absolute atomic E-state index is 12.1. The van der Waals surface area contributed by atoms with E-state index < -0.39 is 11.9 Å². The van der Waals surface area contributed by atoms with Gasteiger partial charge in [0.05, 0.1) is 17.7 Å². The van der Waals surface area contributed by atoms with Crippen molar-refractivity contribution in [1.29, 1.82) is 0 Å². The first-order valence-corrected chi connectivity index (χ1v) is 7.93. The first kappa shape index (κ1) is 18.2. The van der Waals surface area contributed by atoms with Gasteiger partial charge in [0.15, 0.2) is 0 Å². The fourth-order valence-electron chi connectivity index (χ4n) is 1.75. The van der Waals surface area contributed by atoms with Crippen LogP contribution in [0.3, 0.4) is 0 Å². The van der Waals surface area contributed by atoms with Gasteiger partial charge in [-0.05, 0) is 37.5 Å². The highest BCUT2D eigenvalue weighted by Gasteiger charge is 2.16. The number of ether oxygens (including phenoxy) is 2. The zero-order chi connectivity index (χ0) is 16.5. The van der Waals surface area contributed by atoms with Gasteiger partial charge >= 0.3 is 11.9 Å². The van der Waals surface area contributed by atoms with Crippen molar-refractivity contribution in [1.82, 2.24) is 0 Å². The van der Waals surface area contributed by atoms with Crippen molar-refractivity contribution in [3.8, 4) is 0 Å². The largest absolute Gasteiger partial charge is 0.462 e. The predicted octanol–water partition coefficient (Wildman–Crippen LogP) is 4.23. The van der Waals surface area contributed by atoms with Crippen LogP contribution in [0.1, 0.15) is 67.7 Å². The minimum Gasteiger partial charge on any atom is -0.462 e. The lowest BCUT2D eigenvalue weighted by molar-refractivity contribution is 0.0238. The van der Waals surface area contributed by atoms with Gasteiger partial charge in [-0.3, -0.25) is 0 Å². The summed E-state index contributed by atoms with van der Waals surface area (Å²) in [4.78, 5) is 24.0. The van der Waals surface area contributed by atoms with Gasteiger partial charge in [0.25, 0.3) is 0 Å². The number of esters is 2. The molecule has 0 saturated carbocycles. The van der Waals surface area contributed by atoms with Crippen molar-refractivity contribution in [2.24, 2.45) is 5.92 Å². The molecule has 0 radical (unpaired) electrons. The molecule has 0 saturated heterocycles. The van der Waals surface area contributed by atoms with Crippen LogP contribution in [-0.2, 0) is 9.47 Å². The summed E-state index contributed by atoms with van der Waals surface area (Å²) in [5.41, 5.74) is 0.749. The average molecular weight is 306 g/mol. The Morgan fingerprint density at radius 3 is 2.27 bits per heavy atom. The molecule has 0 heterocycles. The van der Waals surface area contributed by atoms with Gasteiger partial charge in [-0.2, -0.15) is 0 Å². The minimum absolute atomic E-state index is 0.169. The van der Waals surface area contributed by atoms with Crippen molar-refractivity contribution in [3.05, 3.63) is 35.4 Å². The van der Waals surface area contributed by atoms with Crippen LogP contribution in [0, 0.1) is 5.92 Å². The van der Waals surface area contributed by atoms with Crippen molar-refractivity contribution in [2.75, 3.05) is 6.61 Å².